The van der Waals surface area contributed by atoms with E-state index in [0.717, 1.165) is 5.75 Å². The Labute approximate surface area is 194 Å². The Morgan fingerprint density at radius 3 is 2.53 bits per heavy atom. The molecule has 0 saturated carbocycles. The van der Waals surface area contributed by atoms with Crippen molar-refractivity contribution >= 4 is 52.2 Å². The Hall–Kier alpha value is -3.17. The number of hydrogen-bond acceptors (Lipinski definition) is 7. The van der Waals surface area contributed by atoms with Crippen LogP contribution < -0.4 is 14.2 Å². The molecule has 10 heteroatoms. The van der Waals surface area contributed by atoms with Gasteiger partial charge in [0.25, 0.3) is 5.91 Å². The number of carboxylic acid groups (broad SMARTS) is 1. The fourth-order valence-corrected chi connectivity index (χ4v) is 4.22. The minimum atomic E-state index is -1.13. The summed E-state index contributed by atoms with van der Waals surface area (Å²) in [6.07, 6.45) is 1.68. The molecule has 32 heavy (non-hydrogen) atoms. The molecule has 1 aliphatic rings. The molecule has 0 radical (unpaired) electrons. The molecule has 2 aromatic carbocycles. The fourth-order valence-electron chi connectivity index (χ4n) is 2.89. The lowest BCUT2D eigenvalue weighted by atomic mass is 10.1. The number of aliphatic imine (C=N–C) groups is 1. The molecule has 0 atom stereocenters. The standard InChI is InChI=1S/C22H21ClN2O6S/c1-4-25-21(28)18(32-22(25)24-14-5-7-15(29-2)8-6-14)11-13-9-16(23)20(17(10-13)30-3)31-12-19(26)27/h5-11H,4,12H2,1-3H3,(H,26,27). The van der Waals surface area contributed by atoms with Crippen LogP contribution in [-0.2, 0) is 9.59 Å². The van der Waals surface area contributed by atoms with Gasteiger partial charge in [0, 0.05) is 6.54 Å². The third kappa shape index (κ3) is 5.35. The van der Waals surface area contributed by atoms with E-state index in [1.54, 1.807) is 42.4 Å². The average molecular weight is 477 g/mol. The highest BCUT2D eigenvalue weighted by Gasteiger charge is 2.32. The molecule has 1 heterocycles. The van der Waals surface area contributed by atoms with Crippen LogP contribution in [0.1, 0.15) is 12.5 Å². The van der Waals surface area contributed by atoms with Crippen LogP contribution in [0, 0.1) is 0 Å². The number of halogens is 1. The Morgan fingerprint density at radius 1 is 1.22 bits per heavy atom. The van der Waals surface area contributed by atoms with E-state index >= 15 is 0 Å². The number of hydrogen-bond donors (Lipinski definition) is 1. The zero-order chi connectivity index (χ0) is 23.3. The number of methoxy groups -OCH3 is 2. The van der Waals surface area contributed by atoms with Gasteiger partial charge in [-0.05, 0) is 66.7 Å². The van der Waals surface area contributed by atoms with Gasteiger partial charge in [0.1, 0.15) is 5.75 Å². The summed E-state index contributed by atoms with van der Waals surface area (Å²) >= 11 is 7.52. The molecule has 1 saturated heterocycles. The largest absolute Gasteiger partial charge is 0.497 e. The molecule has 0 spiro atoms. The van der Waals surface area contributed by atoms with E-state index in [2.05, 4.69) is 4.99 Å². The summed E-state index contributed by atoms with van der Waals surface area (Å²) in [6.45, 7) is 1.78. The van der Waals surface area contributed by atoms with Gasteiger partial charge < -0.3 is 19.3 Å². The van der Waals surface area contributed by atoms with Crippen molar-refractivity contribution in [2.45, 2.75) is 6.92 Å². The first kappa shape index (κ1) is 23.5. The van der Waals surface area contributed by atoms with Crippen molar-refractivity contribution in [2.24, 2.45) is 4.99 Å². The van der Waals surface area contributed by atoms with Crippen LogP contribution in [0.3, 0.4) is 0 Å². The lowest BCUT2D eigenvalue weighted by Crippen LogP contribution is -2.28. The van der Waals surface area contributed by atoms with Crippen LogP contribution in [0.4, 0.5) is 5.69 Å². The molecular formula is C22H21ClN2O6S. The number of amides is 1. The third-order valence-electron chi connectivity index (χ3n) is 4.39. The zero-order valence-corrected chi connectivity index (χ0v) is 19.2. The summed E-state index contributed by atoms with van der Waals surface area (Å²) in [5, 5.41) is 9.56. The number of carbonyl (C=O) groups is 2. The molecule has 2 aromatic rings. The van der Waals surface area contributed by atoms with E-state index in [0.29, 0.717) is 27.9 Å². The minimum Gasteiger partial charge on any atom is -0.497 e. The summed E-state index contributed by atoms with van der Waals surface area (Å²) in [5.41, 5.74) is 1.30. The van der Waals surface area contributed by atoms with Gasteiger partial charge in [0.2, 0.25) is 0 Å². The van der Waals surface area contributed by atoms with Gasteiger partial charge in [-0.1, -0.05) is 11.6 Å². The van der Waals surface area contributed by atoms with Crippen molar-refractivity contribution in [1.29, 1.82) is 0 Å². The number of ether oxygens (including phenoxy) is 3. The number of carboxylic acids is 1. The number of aliphatic carboxylic acids is 1. The Balaban J connectivity index is 1.90. The van der Waals surface area contributed by atoms with Gasteiger partial charge in [0.15, 0.2) is 23.3 Å². The van der Waals surface area contributed by atoms with E-state index in [9.17, 15) is 9.59 Å². The van der Waals surface area contributed by atoms with E-state index in [1.807, 2.05) is 19.1 Å². The molecule has 1 N–H and O–H groups in total. The fraction of sp³-hybridized carbons (Fsp3) is 0.227. The van der Waals surface area contributed by atoms with Gasteiger partial charge in [-0.25, -0.2) is 9.79 Å². The van der Waals surface area contributed by atoms with Gasteiger partial charge >= 0.3 is 5.97 Å². The molecular weight excluding hydrogens is 456 g/mol. The second-order valence-electron chi connectivity index (χ2n) is 6.47. The second-order valence-corrected chi connectivity index (χ2v) is 7.89. The predicted octanol–water partition coefficient (Wildman–Crippen LogP) is 4.44. The Kier molecular flexibility index (Phi) is 7.66. The summed E-state index contributed by atoms with van der Waals surface area (Å²) < 4.78 is 15.7. The topological polar surface area (TPSA) is 97.7 Å². The molecule has 8 nitrogen and oxygen atoms in total. The molecule has 0 bridgehead atoms. The second kappa shape index (κ2) is 10.4. The smallest absolute Gasteiger partial charge is 0.341 e. The molecule has 0 aromatic heterocycles. The molecule has 168 valence electrons. The predicted molar refractivity (Wildman–Crippen MR) is 124 cm³/mol. The molecule has 0 aliphatic carbocycles. The first-order chi connectivity index (χ1) is 15.4. The van der Waals surface area contributed by atoms with Gasteiger partial charge in [-0.3, -0.25) is 9.69 Å². The van der Waals surface area contributed by atoms with E-state index < -0.39 is 12.6 Å². The average Bonchev–Trinajstić information content (AvgIpc) is 3.06. The number of amidine groups is 1. The SMILES string of the molecule is CCN1C(=O)C(=Cc2cc(Cl)c(OCC(=O)O)c(OC)c2)SC1=Nc1ccc(OC)cc1. The zero-order valence-electron chi connectivity index (χ0n) is 17.6. The maximum atomic E-state index is 12.9. The van der Waals surface area contributed by atoms with E-state index in [4.69, 9.17) is 30.9 Å². The number of likely N-dealkylation sites (N-methyl/N-ethyl adjacent to an activating group) is 1. The van der Waals surface area contributed by atoms with Gasteiger partial charge in [-0.15, -0.1) is 0 Å². The minimum absolute atomic E-state index is 0.126. The van der Waals surface area contributed by atoms with Crippen molar-refractivity contribution in [3.63, 3.8) is 0 Å². The lowest BCUT2D eigenvalue weighted by Gasteiger charge is -2.12. The number of benzene rings is 2. The summed E-state index contributed by atoms with van der Waals surface area (Å²) in [5.74, 6) is -0.197. The van der Waals surface area contributed by atoms with Gasteiger partial charge in [0.05, 0.1) is 29.8 Å². The summed E-state index contributed by atoms with van der Waals surface area (Å²) in [6, 6.07) is 10.4. The van der Waals surface area contributed by atoms with Crippen molar-refractivity contribution in [1.82, 2.24) is 4.90 Å². The van der Waals surface area contributed by atoms with Crippen molar-refractivity contribution in [3.05, 3.63) is 51.9 Å². The maximum Gasteiger partial charge on any atom is 0.341 e. The first-order valence-corrected chi connectivity index (χ1v) is 10.7. The van der Waals surface area contributed by atoms with Crippen LogP contribution in [-0.4, -0.2) is 54.4 Å². The normalized spacial score (nSPS) is 16.0. The molecule has 1 aliphatic heterocycles. The molecule has 0 unspecified atom stereocenters. The van der Waals surface area contributed by atoms with Crippen LogP contribution in [0.15, 0.2) is 46.3 Å². The van der Waals surface area contributed by atoms with E-state index in [1.165, 1.54) is 18.9 Å². The summed E-state index contributed by atoms with van der Waals surface area (Å²) in [7, 11) is 3.01. The van der Waals surface area contributed by atoms with Crippen LogP contribution in [0.2, 0.25) is 5.02 Å². The van der Waals surface area contributed by atoms with Crippen molar-refractivity contribution in [3.8, 4) is 17.2 Å². The van der Waals surface area contributed by atoms with Crippen LogP contribution in [0.25, 0.3) is 6.08 Å². The quantitative estimate of drug-likeness (QED) is 0.562. The monoisotopic (exact) mass is 476 g/mol. The van der Waals surface area contributed by atoms with Crippen LogP contribution in [0.5, 0.6) is 17.2 Å². The van der Waals surface area contributed by atoms with E-state index in [-0.39, 0.29) is 22.4 Å². The van der Waals surface area contributed by atoms with Crippen molar-refractivity contribution in [2.75, 3.05) is 27.4 Å². The molecule has 1 amide bonds. The Morgan fingerprint density at radius 2 is 1.94 bits per heavy atom. The van der Waals surface area contributed by atoms with Crippen LogP contribution >= 0.6 is 23.4 Å². The number of carbonyl (C=O) groups excluding carboxylic acids is 1. The number of rotatable bonds is 8. The van der Waals surface area contributed by atoms with Crippen molar-refractivity contribution < 1.29 is 28.9 Å². The first-order valence-electron chi connectivity index (χ1n) is 9.52. The number of thioether (sulfide) groups is 1. The maximum absolute atomic E-state index is 12.9. The molecule has 3 rings (SSSR count). The molecule has 1 fully saturated rings. The highest BCUT2D eigenvalue weighted by Crippen LogP contribution is 2.39. The highest BCUT2D eigenvalue weighted by atomic mass is 35.5. The summed E-state index contributed by atoms with van der Waals surface area (Å²) in [4.78, 5) is 30.3. The van der Waals surface area contributed by atoms with Gasteiger partial charge in [-0.2, -0.15) is 0 Å². The highest BCUT2D eigenvalue weighted by molar-refractivity contribution is 8.18. The third-order valence-corrected chi connectivity index (χ3v) is 5.68. The Bertz CT molecular complexity index is 1080. The lowest BCUT2D eigenvalue weighted by molar-refractivity contribution is -0.139. The number of nitrogens with zero attached hydrogens (tertiary/aromatic N) is 2.